The summed E-state index contributed by atoms with van der Waals surface area (Å²) in [4.78, 5) is 11.8. The summed E-state index contributed by atoms with van der Waals surface area (Å²) in [6.07, 6.45) is 2.06. The molecule has 1 aromatic heterocycles. The Morgan fingerprint density at radius 2 is 1.94 bits per heavy atom. The van der Waals surface area contributed by atoms with E-state index in [2.05, 4.69) is 44.4 Å². The van der Waals surface area contributed by atoms with Crippen LogP contribution in [-0.4, -0.2) is 48.3 Å². The Bertz CT molecular complexity index is 370. The molecule has 0 bridgehead atoms. The Kier molecular flexibility index (Phi) is 6.14. The molecule has 0 N–H and O–H groups in total. The van der Waals surface area contributed by atoms with E-state index >= 15 is 0 Å². The summed E-state index contributed by atoms with van der Waals surface area (Å²) in [7, 11) is 1.69. The van der Waals surface area contributed by atoms with E-state index in [-0.39, 0.29) is 0 Å². The summed E-state index contributed by atoms with van der Waals surface area (Å²) in [6.45, 7) is 6.22. The van der Waals surface area contributed by atoms with Crippen LogP contribution in [0.15, 0.2) is 6.20 Å². The van der Waals surface area contributed by atoms with E-state index in [9.17, 15) is 0 Å². The van der Waals surface area contributed by atoms with Crippen LogP contribution in [0.5, 0.6) is 0 Å². The summed E-state index contributed by atoms with van der Waals surface area (Å²) >= 11 is -2.13. The predicted octanol–water partition coefficient (Wildman–Crippen LogP) is 2.17. The molecule has 0 aliphatic rings. The summed E-state index contributed by atoms with van der Waals surface area (Å²) in [5.41, 5.74) is 0. The van der Waals surface area contributed by atoms with E-state index in [0.29, 0.717) is 25.9 Å². The van der Waals surface area contributed by atoms with Crippen LogP contribution in [-0.2, 0) is 16.2 Å². The Morgan fingerprint density at radius 1 is 1.28 bits per heavy atom. The van der Waals surface area contributed by atoms with Gasteiger partial charge in [-0.05, 0) is 0 Å². The van der Waals surface area contributed by atoms with Gasteiger partial charge in [0.2, 0.25) is 0 Å². The minimum absolute atomic E-state index is 0.429. The van der Waals surface area contributed by atoms with Gasteiger partial charge in [-0.3, -0.25) is 0 Å². The van der Waals surface area contributed by atoms with Crippen molar-refractivity contribution >= 4 is 22.1 Å². The molecule has 0 saturated carbocycles. The van der Waals surface area contributed by atoms with Crippen LogP contribution in [0, 0.1) is 0 Å². The molecule has 0 atom stereocenters. The van der Waals surface area contributed by atoms with Gasteiger partial charge in [0.15, 0.2) is 0 Å². The van der Waals surface area contributed by atoms with Crippen LogP contribution in [0.25, 0.3) is 0 Å². The van der Waals surface area contributed by atoms with Gasteiger partial charge < -0.3 is 0 Å². The van der Waals surface area contributed by atoms with Gasteiger partial charge in [-0.15, -0.1) is 0 Å². The van der Waals surface area contributed by atoms with Gasteiger partial charge in [-0.25, -0.2) is 0 Å². The Balaban J connectivity index is 2.86. The third-order valence-corrected chi connectivity index (χ3v) is 8.35. The van der Waals surface area contributed by atoms with Crippen molar-refractivity contribution in [2.75, 3.05) is 20.3 Å². The van der Waals surface area contributed by atoms with Gasteiger partial charge >= 0.3 is 115 Å². The third-order valence-electron chi connectivity index (χ3n) is 2.82. The van der Waals surface area contributed by atoms with Crippen molar-refractivity contribution in [2.45, 2.75) is 41.3 Å². The standard InChI is InChI=1S/C10H17N2O2.3CH3.Sn/c1-9(2)10-11-4-5-12(10)8-14-7-6-13-3;;;;/h4,9H,6-8H2,1-3H3;3*1H3;. The first-order valence-electron chi connectivity index (χ1n) is 6.50. The van der Waals surface area contributed by atoms with Gasteiger partial charge in [0.1, 0.15) is 0 Å². The average Bonchev–Trinajstić information content (AvgIpc) is 2.67. The van der Waals surface area contributed by atoms with Crippen LogP contribution >= 0.6 is 0 Å². The molecule has 1 heterocycles. The molecule has 18 heavy (non-hydrogen) atoms. The molecule has 5 heteroatoms. The van der Waals surface area contributed by atoms with E-state index in [0.717, 1.165) is 5.82 Å². The first-order valence-corrected chi connectivity index (χ1v) is 16.5. The maximum absolute atomic E-state index is 5.68. The number of rotatable bonds is 7. The topological polar surface area (TPSA) is 36.3 Å². The van der Waals surface area contributed by atoms with Gasteiger partial charge in [-0.1, -0.05) is 0 Å². The van der Waals surface area contributed by atoms with Crippen LogP contribution < -0.4 is 3.71 Å². The van der Waals surface area contributed by atoms with Crippen molar-refractivity contribution in [1.82, 2.24) is 9.55 Å². The maximum atomic E-state index is 5.68. The fourth-order valence-corrected chi connectivity index (χ4v) is 6.00. The molecule has 1 aromatic rings. The summed E-state index contributed by atoms with van der Waals surface area (Å²) in [5, 5.41) is 0. The molecule has 0 aliphatic heterocycles. The van der Waals surface area contributed by atoms with Gasteiger partial charge in [0.25, 0.3) is 0 Å². The average molecular weight is 361 g/mol. The zero-order valence-corrected chi connectivity index (χ0v) is 15.3. The molecule has 4 nitrogen and oxygen atoms in total. The predicted molar refractivity (Wildman–Crippen MR) is 77.1 cm³/mol. The molecule has 0 fully saturated rings. The van der Waals surface area contributed by atoms with Crippen LogP contribution in [0.1, 0.15) is 25.6 Å². The number of ether oxygens (including phenoxy) is 2. The van der Waals surface area contributed by atoms with E-state index in [1.165, 1.54) is 3.71 Å². The molecule has 0 radical (unpaired) electrons. The molecular weight excluding hydrogens is 335 g/mol. The number of nitrogens with zero attached hydrogens (tertiary/aromatic N) is 2. The van der Waals surface area contributed by atoms with Crippen molar-refractivity contribution in [2.24, 2.45) is 0 Å². The van der Waals surface area contributed by atoms with Crippen LogP contribution in [0.2, 0.25) is 14.8 Å². The van der Waals surface area contributed by atoms with Gasteiger partial charge in [0.05, 0.1) is 0 Å². The van der Waals surface area contributed by atoms with Crippen molar-refractivity contribution in [1.29, 1.82) is 0 Å². The molecule has 0 spiro atoms. The molecule has 0 amide bonds. The molecule has 0 aromatic carbocycles. The molecule has 1 rings (SSSR count). The second kappa shape index (κ2) is 6.91. The second-order valence-electron chi connectivity index (χ2n) is 5.86. The fraction of sp³-hybridized carbons (Fsp3) is 0.769. The molecule has 0 saturated heterocycles. The molecular formula is C13H26N2O2Sn. The van der Waals surface area contributed by atoms with E-state index in [1.54, 1.807) is 7.11 Å². The van der Waals surface area contributed by atoms with Crippen molar-refractivity contribution < 1.29 is 9.47 Å². The number of hydrogen-bond donors (Lipinski definition) is 0. The number of methoxy groups -OCH3 is 1. The Hall–Kier alpha value is -0.0713. The summed E-state index contributed by atoms with van der Waals surface area (Å²) < 4.78 is 14.4. The fourth-order valence-electron chi connectivity index (χ4n) is 1.88. The SMILES string of the molecule is COCCOCn1[c]([Sn]([CH3])([CH3])[CH3])cnc1C(C)C. The first-order chi connectivity index (χ1) is 8.38. The monoisotopic (exact) mass is 362 g/mol. The molecule has 0 unspecified atom stereocenters. The minimum atomic E-state index is -2.13. The van der Waals surface area contributed by atoms with Crippen molar-refractivity contribution in [3.63, 3.8) is 0 Å². The van der Waals surface area contributed by atoms with Crippen molar-refractivity contribution in [3.8, 4) is 0 Å². The zero-order valence-electron chi connectivity index (χ0n) is 12.5. The normalized spacial score (nSPS) is 12.4. The van der Waals surface area contributed by atoms with E-state index in [1.807, 2.05) is 0 Å². The van der Waals surface area contributed by atoms with Gasteiger partial charge in [-0.2, -0.15) is 0 Å². The molecule has 104 valence electrons. The third kappa shape index (κ3) is 4.24. The van der Waals surface area contributed by atoms with E-state index in [4.69, 9.17) is 9.47 Å². The zero-order chi connectivity index (χ0) is 13.8. The van der Waals surface area contributed by atoms with Gasteiger partial charge in [0, 0.05) is 0 Å². The quantitative estimate of drug-likeness (QED) is 0.552. The first kappa shape index (κ1) is 16.0. The summed E-state index contributed by atoms with van der Waals surface area (Å²) in [5.74, 6) is 1.56. The summed E-state index contributed by atoms with van der Waals surface area (Å²) in [6, 6.07) is 0. The Labute approximate surface area is 115 Å². The second-order valence-corrected chi connectivity index (χ2v) is 20.2. The molecule has 0 aliphatic carbocycles. The van der Waals surface area contributed by atoms with Crippen molar-refractivity contribution in [3.05, 3.63) is 12.0 Å². The number of aromatic nitrogens is 2. The Morgan fingerprint density at radius 3 is 2.44 bits per heavy atom. The number of imidazole rings is 1. The van der Waals surface area contributed by atoms with Crippen LogP contribution in [0.3, 0.4) is 0 Å². The number of hydrogen-bond acceptors (Lipinski definition) is 3. The van der Waals surface area contributed by atoms with E-state index < -0.39 is 18.4 Å². The van der Waals surface area contributed by atoms with Crippen LogP contribution in [0.4, 0.5) is 0 Å².